The standard InChI is InChI=1S/C19H21N5/c1-14-5-7-16(8-6-14)12-22-19-23-15(2)10-18(24-19)21-13-17-4-3-9-20-11-17/h3-11H,12-13H2,1-2H3,(H2,21,22,23,24). The van der Waals surface area contributed by atoms with Gasteiger partial charge < -0.3 is 10.6 Å². The van der Waals surface area contributed by atoms with E-state index in [-0.39, 0.29) is 0 Å². The van der Waals surface area contributed by atoms with Crippen molar-refractivity contribution in [3.05, 3.63) is 77.2 Å². The van der Waals surface area contributed by atoms with Crippen molar-refractivity contribution in [1.29, 1.82) is 0 Å². The Morgan fingerprint density at radius 1 is 0.875 bits per heavy atom. The average Bonchev–Trinajstić information content (AvgIpc) is 2.60. The van der Waals surface area contributed by atoms with Crippen molar-refractivity contribution >= 4 is 11.8 Å². The first-order valence-corrected chi connectivity index (χ1v) is 7.97. The molecule has 0 saturated heterocycles. The monoisotopic (exact) mass is 319 g/mol. The largest absolute Gasteiger partial charge is 0.366 e. The summed E-state index contributed by atoms with van der Waals surface area (Å²) in [6.07, 6.45) is 3.61. The fourth-order valence-corrected chi connectivity index (χ4v) is 2.32. The molecule has 0 spiro atoms. The van der Waals surface area contributed by atoms with Crippen LogP contribution < -0.4 is 10.6 Å². The zero-order valence-corrected chi connectivity index (χ0v) is 14.0. The van der Waals surface area contributed by atoms with E-state index in [1.54, 1.807) is 6.20 Å². The Labute approximate surface area is 142 Å². The highest BCUT2D eigenvalue weighted by Crippen LogP contribution is 2.12. The lowest BCUT2D eigenvalue weighted by Gasteiger charge is -2.10. The molecule has 2 heterocycles. The average molecular weight is 319 g/mol. The number of nitrogens with zero attached hydrogens (tertiary/aromatic N) is 3. The van der Waals surface area contributed by atoms with Crippen molar-refractivity contribution < 1.29 is 0 Å². The van der Waals surface area contributed by atoms with Gasteiger partial charge in [0.15, 0.2) is 0 Å². The van der Waals surface area contributed by atoms with Crippen molar-refractivity contribution in [2.75, 3.05) is 10.6 Å². The van der Waals surface area contributed by atoms with Gasteiger partial charge in [-0.1, -0.05) is 35.9 Å². The molecule has 0 bridgehead atoms. The molecule has 2 aromatic heterocycles. The van der Waals surface area contributed by atoms with Crippen LogP contribution in [0.1, 0.15) is 22.4 Å². The molecule has 122 valence electrons. The van der Waals surface area contributed by atoms with Crippen molar-refractivity contribution in [2.45, 2.75) is 26.9 Å². The first-order chi connectivity index (χ1) is 11.7. The lowest BCUT2D eigenvalue weighted by molar-refractivity contribution is 1.01. The van der Waals surface area contributed by atoms with Crippen molar-refractivity contribution in [3.63, 3.8) is 0 Å². The number of hydrogen-bond donors (Lipinski definition) is 2. The molecule has 0 aliphatic heterocycles. The number of pyridine rings is 1. The highest BCUT2D eigenvalue weighted by atomic mass is 15.1. The minimum Gasteiger partial charge on any atom is -0.366 e. The number of aryl methyl sites for hydroxylation is 2. The normalized spacial score (nSPS) is 10.4. The summed E-state index contributed by atoms with van der Waals surface area (Å²) in [6.45, 7) is 5.43. The van der Waals surface area contributed by atoms with E-state index in [2.05, 4.69) is 56.8 Å². The van der Waals surface area contributed by atoms with Crippen LogP contribution in [0.2, 0.25) is 0 Å². The molecule has 0 aliphatic rings. The quantitative estimate of drug-likeness (QED) is 0.725. The van der Waals surface area contributed by atoms with Gasteiger partial charge >= 0.3 is 0 Å². The van der Waals surface area contributed by atoms with E-state index >= 15 is 0 Å². The molecule has 0 atom stereocenters. The fourth-order valence-electron chi connectivity index (χ4n) is 2.32. The van der Waals surface area contributed by atoms with E-state index < -0.39 is 0 Å². The van der Waals surface area contributed by atoms with Crippen molar-refractivity contribution in [3.8, 4) is 0 Å². The SMILES string of the molecule is Cc1ccc(CNc2nc(C)cc(NCc3cccnc3)n2)cc1. The Morgan fingerprint density at radius 3 is 2.42 bits per heavy atom. The molecule has 3 rings (SSSR count). The van der Waals surface area contributed by atoms with Gasteiger partial charge in [-0.3, -0.25) is 4.98 Å². The van der Waals surface area contributed by atoms with Crippen LogP contribution in [-0.4, -0.2) is 15.0 Å². The molecule has 0 unspecified atom stereocenters. The predicted octanol–water partition coefficient (Wildman–Crippen LogP) is 3.71. The van der Waals surface area contributed by atoms with E-state index in [4.69, 9.17) is 0 Å². The molecule has 0 saturated carbocycles. The van der Waals surface area contributed by atoms with Crippen LogP contribution in [0.15, 0.2) is 54.9 Å². The van der Waals surface area contributed by atoms with Crippen LogP contribution in [0.3, 0.4) is 0 Å². The van der Waals surface area contributed by atoms with Crippen LogP contribution in [0.5, 0.6) is 0 Å². The summed E-state index contributed by atoms with van der Waals surface area (Å²) in [4.78, 5) is 13.1. The molecule has 0 aliphatic carbocycles. The number of aromatic nitrogens is 3. The summed E-state index contributed by atoms with van der Waals surface area (Å²) in [5.41, 5.74) is 4.50. The second-order valence-electron chi connectivity index (χ2n) is 5.77. The number of anilines is 2. The van der Waals surface area contributed by atoms with Gasteiger partial charge in [-0.2, -0.15) is 4.98 Å². The van der Waals surface area contributed by atoms with E-state index in [1.807, 2.05) is 31.3 Å². The summed E-state index contributed by atoms with van der Waals surface area (Å²) in [6, 6.07) is 14.3. The maximum atomic E-state index is 4.53. The van der Waals surface area contributed by atoms with Gasteiger partial charge in [0.05, 0.1) is 0 Å². The summed E-state index contributed by atoms with van der Waals surface area (Å²) in [5.74, 6) is 1.43. The molecule has 2 N–H and O–H groups in total. The smallest absolute Gasteiger partial charge is 0.225 e. The maximum absolute atomic E-state index is 4.53. The Morgan fingerprint density at radius 2 is 1.67 bits per heavy atom. The Bertz CT molecular complexity index is 785. The minimum atomic E-state index is 0.629. The molecule has 0 radical (unpaired) electrons. The maximum Gasteiger partial charge on any atom is 0.225 e. The van der Waals surface area contributed by atoms with E-state index in [1.165, 1.54) is 11.1 Å². The van der Waals surface area contributed by atoms with Crippen LogP contribution >= 0.6 is 0 Å². The van der Waals surface area contributed by atoms with Crippen molar-refractivity contribution in [1.82, 2.24) is 15.0 Å². The summed E-state index contributed by atoms with van der Waals surface area (Å²) < 4.78 is 0. The third-order valence-corrected chi connectivity index (χ3v) is 3.62. The Kier molecular flexibility index (Phi) is 5.01. The highest BCUT2D eigenvalue weighted by Gasteiger charge is 2.03. The van der Waals surface area contributed by atoms with Gasteiger partial charge in [-0.15, -0.1) is 0 Å². The Balaban J connectivity index is 1.63. The third kappa shape index (κ3) is 4.52. The molecular formula is C19H21N5. The summed E-state index contributed by atoms with van der Waals surface area (Å²) >= 11 is 0. The van der Waals surface area contributed by atoms with Crippen LogP contribution in [0.4, 0.5) is 11.8 Å². The first kappa shape index (κ1) is 15.9. The molecule has 1 aromatic carbocycles. The fraction of sp³-hybridized carbons (Fsp3) is 0.211. The Hall–Kier alpha value is -2.95. The number of rotatable bonds is 6. The predicted molar refractivity (Wildman–Crippen MR) is 96.8 cm³/mol. The van der Waals surface area contributed by atoms with E-state index in [9.17, 15) is 0 Å². The lowest BCUT2D eigenvalue weighted by atomic mass is 10.1. The second kappa shape index (κ2) is 7.55. The highest BCUT2D eigenvalue weighted by molar-refractivity contribution is 5.43. The molecule has 0 amide bonds. The lowest BCUT2D eigenvalue weighted by Crippen LogP contribution is -2.08. The van der Waals surface area contributed by atoms with Gasteiger partial charge in [0.2, 0.25) is 5.95 Å². The van der Waals surface area contributed by atoms with Gasteiger partial charge in [0.25, 0.3) is 0 Å². The number of hydrogen-bond acceptors (Lipinski definition) is 5. The summed E-state index contributed by atoms with van der Waals surface area (Å²) in [7, 11) is 0. The summed E-state index contributed by atoms with van der Waals surface area (Å²) in [5, 5.41) is 6.60. The second-order valence-corrected chi connectivity index (χ2v) is 5.77. The van der Waals surface area contributed by atoms with Gasteiger partial charge in [-0.25, -0.2) is 4.98 Å². The molecule has 5 nitrogen and oxygen atoms in total. The first-order valence-electron chi connectivity index (χ1n) is 7.97. The van der Waals surface area contributed by atoms with Gasteiger partial charge in [-0.05, 0) is 31.0 Å². The van der Waals surface area contributed by atoms with Crippen LogP contribution in [0, 0.1) is 13.8 Å². The van der Waals surface area contributed by atoms with Crippen LogP contribution in [0.25, 0.3) is 0 Å². The number of nitrogens with one attached hydrogen (secondary N) is 2. The molecule has 0 fully saturated rings. The molecule has 3 aromatic rings. The third-order valence-electron chi connectivity index (χ3n) is 3.62. The zero-order chi connectivity index (χ0) is 16.8. The van der Waals surface area contributed by atoms with Crippen LogP contribution in [-0.2, 0) is 13.1 Å². The van der Waals surface area contributed by atoms with Crippen molar-refractivity contribution in [2.24, 2.45) is 0 Å². The number of benzene rings is 1. The minimum absolute atomic E-state index is 0.629. The molecule has 5 heteroatoms. The van der Waals surface area contributed by atoms with Gasteiger partial charge in [0, 0.05) is 37.2 Å². The topological polar surface area (TPSA) is 62.7 Å². The van der Waals surface area contributed by atoms with E-state index in [0.29, 0.717) is 19.0 Å². The molecular weight excluding hydrogens is 298 g/mol. The molecule has 24 heavy (non-hydrogen) atoms. The van der Waals surface area contributed by atoms with E-state index in [0.717, 1.165) is 17.1 Å². The zero-order valence-electron chi connectivity index (χ0n) is 14.0. The van der Waals surface area contributed by atoms with Gasteiger partial charge in [0.1, 0.15) is 5.82 Å².